The van der Waals surface area contributed by atoms with Gasteiger partial charge in [0.2, 0.25) is 5.88 Å². The highest BCUT2D eigenvalue weighted by Crippen LogP contribution is 2.38. The van der Waals surface area contributed by atoms with E-state index >= 15 is 0 Å². The summed E-state index contributed by atoms with van der Waals surface area (Å²) in [6.45, 7) is 2.24. The lowest BCUT2D eigenvalue weighted by molar-refractivity contribution is 0.323. The van der Waals surface area contributed by atoms with Crippen molar-refractivity contribution in [1.82, 2.24) is 4.98 Å². The van der Waals surface area contributed by atoms with Crippen LogP contribution in [0.4, 0.5) is 0 Å². The Balaban J connectivity index is 2.14. The summed E-state index contributed by atoms with van der Waals surface area (Å²) < 4.78 is 5.63. The molecule has 0 radical (unpaired) electrons. The largest absolute Gasteiger partial charge is 0.477 e. The molecule has 1 heterocycles. The third-order valence-corrected chi connectivity index (χ3v) is 4.96. The van der Waals surface area contributed by atoms with Gasteiger partial charge in [0.15, 0.2) is 0 Å². The minimum atomic E-state index is 0.272. The van der Waals surface area contributed by atoms with Gasteiger partial charge in [0.05, 0.1) is 12.2 Å². The third kappa shape index (κ3) is 4.11. The van der Waals surface area contributed by atoms with Crippen LogP contribution in [0.25, 0.3) is 11.1 Å². The summed E-state index contributed by atoms with van der Waals surface area (Å²) in [6, 6.07) is 23.9. The Morgan fingerprint density at radius 2 is 1.56 bits per heavy atom. The predicted octanol–water partition coefficient (Wildman–Crippen LogP) is 5.18. The van der Waals surface area contributed by atoms with Gasteiger partial charge in [0, 0.05) is 11.3 Å². The molecule has 0 aliphatic heterocycles. The van der Waals surface area contributed by atoms with Crippen molar-refractivity contribution in [2.24, 2.45) is 0 Å². The van der Waals surface area contributed by atoms with Gasteiger partial charge in [-0.15, -0.1) is 11.8 Å². The second kappa shape index (κ2) is 8.89. The van der Waals surface area contributed by atoms with Crippen molar-refractivity contribution in [3.05, 3.63) is 77.4 Å². The minimum Gasteiger partial charge on any atom is -0.477 e. The van der Waals surface area contributed by atoms with Gasteiger partial charge in [0.25, 0.3) is 0 Å². The second-order valence-electron chi connectivity index (χ2n) is 5.64. The first-order valence-electron chi connectivity index (χ1n) is 8.51. The molecule has 5 heteroatoms. The van der Waals surface area contributed by atoms with Crippen LogP contribution in [0.5, 0.6) is 5.88 Å². The molecule has 0 saturated carbocycles. The number of nitriles is 2. The number of thioether (sulfide) groups is 1. The van der Waals surface area contributed by atoms with Crippen LogP contribution in [0, 0.1) is 22.7 Å². The van der Waals surface area contributed by atoms with E-state index in [0.29, 0.717) is 34.1 Å². The van der Waals surface area contributed by atoms with Gasteiger partial charge in [-0.05, 0) is 18.1 Å². The van der Waals surface area contributed by atoms with Gasteiger partial charge in [-0.3, -0.25) is 0 Å². The molecule has 0 bridgehead atoms. The lowest BCUT2D eigenvalue weighted by Gasteiger charge is -2.14. The monoisotopic (exact) mass is 371 g/mol. The molecule has 4 nitrogen and oxygen atoms in total. The first-order chi connectivity index (χ1) is 13.3. The highest BCUT2D eigenvalue weighted by atomic mass is 32.2. The molecule has 0 fully saturated rings. The van der Waals surface area contributed by atoms with Crippen molar-refractivity contribution in [1.29, 1.82) is 10.5 Å². The minimum absolute atomic E-state index is 0.272. The maximum Gasteiger partial charge on any atom is 0.233 e. The Hall–Kier alpha value is -3.28. The number of rotatable bonds is 6. The number of ether oxygens (including phenoxy) is 1. The molecule has 1 aromatic heterocycles. The van der Waals surface area contributed by atoms with Crippen LogP contribution in [-0.4, -0.2) is 11.6 Å². The van der Waals surface area contributed by atoms with E-state index in [1.807, 2.05) is 67.6 Å². The van der Waals surface area contributed by atoms with Gasteiger partial charge in [0.1, 0.15) is 22.7 Å². The highest BCUT2D eigenvalue weighted by Gasteiger charge is 2.22. The van der Waals surface area contributed by atoms with E-state index in [9.17, 15) is 10.5 Å². The number of pyridine rings is 1. The molecule has 0 atom stereocenters. The van der Waals surface area contributed by atoms with Gasteiger partial charge in [-0.2, -0.15) is 10.5 Å². The van der Waals surface area contributed by atoms with Gasteiger partial charge >= 0.3 is 0 Å². The maximum atomic E-state index is 9.84. The molecule has 0 unspecified atom stereocenters. The smallest absolute Gasteiger partial charge is 0.233 e. The standard InChI is InChI=1S/C22H17N3OS/c1-2-26-21-18(13-23)20(17-11-7-4-8-12-17)19(14-24)22(25-21)27-15-16-9-5-3-6-10-16/h3-12H,2,15H2,1H3. The number of hydrogen-bond acceptors (Lipinski definition) is 5. The fraction of sp³-hybridized carbons (Fsp3) is 0.136. The van der Waals surface area contributed by atoms with Crippen LogP contribution in [0.1, 0.15) is 23.6 Å². The SMILES string of the molecule is CCOc1nc(SCc2ccccc2)c(C#N)c(-c2ccccc2)c1C#N. The molecule has 0 N–H and O–H groups in total. The van der Waals surface area contributed by atoms with E-state index in [-0.39, 0.29) is 5.88 Å². The lowest BCUT2D eigenvalue weighted by Crippen LogP contribution is -2.04. The molecule has 27 heavy (non-hydrogen) atoms. The molecule has 2 aromatic carbocycles. The molecule has 0 saturated heterocycles. The van der Waals surface area contributed by atoms with E-state index in [1.54, 1.807) is 0 Å². The molecule has 0 amide bonds. The van der Waals surface area contributed by atoms with E-state index in [1.165, 1.54) is 11.8 Å². The predicted molar refractivity (Wildman–Crippen MR) is 106 cm³/mol. The Labute approximate surface area is 163 Å². The zero-order valence-electron chi connectivity index (χ0n) is 14.8. The van der Waals surface area contributed by atoms with Crippen molar-refractivity contribution >= 4 is 11.8 Å². The van der Waals surface area contributed by atoms with E-state index in [4.69, 9.17) is 4.74 Å². The summed E-state index contributed by atoms with van der Waals surface area (Å²) in [7, 11) is 0. The quantitative estimate of drug-likeness (QED) is 0.558. The van der Waals surface area contributed by atoms with Gasteiger partial charge in [-0.1, -0.05) is 60.7 Å². The highest BCUT2D eigenvalue weighted by molar-refractivity contribution is 7.98. The Bertz CT molecular complexity index is 1010. The first-order valence-corrected chi connectivity index (χ1v) is 9.50. The van der Waals surface area contributed by atoms with Gasteiger partial charge in [-0.25, -0.2) is 4.98 Å². The zero-order chi connectivity index (χ0) is 19.1. The molecule has 0 spiro atoms. The van der Waals surface area contributed by atoms with E-state index in [2.05, 4.69) is 17.1 Å². The normalized spacial score (nSPS) is 10.0. The third-order valence-electron chi connectivity index (χ3n) is 3.92. The molecule has 0 aliphatic rings. The van der Waals surface area contributed by atoms with Crippen molar-refractivity contribution < 1.29 is 4.74 Å². The summed E-state index contributed by atoms with van der Waals surface area (Å²) in [5.74, 6) is 0.946. The van der Waals surface area contributed by atoms with Crippen molar-refractivity contribution in [3.63, 3.8) is 0 Å². The lowest BCUT2D eigenvalue weighted by atomic mass is 9.97. The van der Waals surface area contributed by atoms with Crippen LogP contribution < -0.4 is 4.74 Å². The zero-order valence-corrected chi connectivity index (χ0v) is 15.7. The molecule has 3 aromatic rings. The average Bonchev–Trinajstić information content (AvgIpc) is 2.73. The summed E-state index contributed by atoms with van der Waals surface area (Å²) in [5, 5.41) is 20.1. The molecular weight excluding hydrogens is 354 g/mol. The molecule has 132 valence electrons. The fourth-order valence-electron chi connectivity index (χ4n) is 2.72. The molecule has 3 rings (SSSR count). The average molecular weight is 371 g/mol. The number of hydrogen-bond donors (Lipinski definition) is 0. The van der Waals surface area contributed by atoms with E-state index < -0.39 is 0 Å². The van der Waals surface area contributed by atoms with E-state index in [0.717, 1.165) is 11.1 Å². The first kappa shape index (κ1) is 18.5. The molecule has 0 aliphatic carbocycles. The van der Waals surface area contributed by atoms with Gasteiger partial charge < -0.3 is 4.74 Å². The fourth-order valence-corrected chi connectivity index (χ4v) is 3.65. The van der Waals surface area contributed by atoms with Crippen molar-refractivity contribution in [2.45, 2.75) is 17.7 Å². The number of nitrogens with zero attached hydrogens (tertiary/aromatic N) is 3. The molecular formula is C22H17N3OS. The Morgan fingerprint density at radius 1 is 0.926 bits per heavy atom. The Kier molecular flexibility index (Phi) is 6.10. The van der Waals surface area contributed by atoms with Crippen LogP contribution in [-0.2, 0) is 5.75 Å². The summed E-state index contributed by atoms with van der Waals surface area (Å²) in [6.07, 6.45) is 0. The summed E-state index contributed by atoms with van der Waals surface area (Å²) in [5.41, 5.74) is 3.22. The van der Waals surface area contributed by atoms with Crippen LogP contribution in [0.3, 0.4) is 0 Å². The summed E-state index contributed by atoms with van der Waals surface area (Å²) >= 11 is 1.47. The van der Waals surface area contributed by atoms with Crippen LogP contribution in [0.15, 0.2) is 65.7 Å². The topological polar surface area (TPSA) is 69.7 Å². The maximum absolute atomic E-state index is 9.84. The number of benzene rings is 2. The van der Waals surface area contributed by atoms with Crippen LogP contribution >= 0.6 is 11.8 Å². The number of aromatic nitrogens is 1. The summed E-state index contributed by atoms with van der Waals surface area (Å²) in [4.78, 5) is 4.50. The second-order valence-corrected chi connectivity index (χ2v) is 6.61. The van der Waals surface area contributed by atoms with Crippen molar-refractivity contribution in [3.8, 4) is 29.1 Å². The van der Waals surface area contributed by atoms with Crippen LogP contribution in [0.2, 0.25) is 0 Å². The Morgan fingerprint density at radius 3 is 2.15 bits per heavy atom. The van der Waals surface area contributed by atoms with Crippen molar-refractivity contribution in [2.75, 3.05) is 6.61 Å².